The number of halogens is 1. The molecule has 2 aromatic heterocycles. The van der Waals surface area contributed by atoms with Crippen molar-refractivity contribution in [3.05, 3.63) is 58.0 Å². The van der Waals surface area contributed by atoms with E-state index >= 15 is 0 Å². The summed E-state index contributed by atoms with van der Waals surface area (Å²) >= 11 is 3.43. The number of aromatic nitrogens is 3. The Labute approximate surface area is 112 Å². The molecule has 0 spiro atoms. The van der Waals surface area contributed by atoms with Gasteiger partial charge in [-0.1, -0.05) is 24.3 Å². The maximum Gasteiger partial charge on any atom is 0.177 e. The Balaban J connectivity index is 1.81. The van der Waals surface area contributed by atoms with Crippen LogP contribution < -0.4 is 0 Å². The molecule has 1 aromatic carbocycles. The number of hydrogen-bond acceptors (Lipinski definition) is 2. The summed E-state index contributed by atoms with van der Waals surface area (Å²) in [5.74, 6) is 1.42. The molecule has 18 heavy (non-hydrogen) atoms. The van der Waals surface area contributed by atoms with Gasteiger partial charge in [0.1, 0.15) is 5.82 Å². The molecule has 4 rings (SSSR count). The first-order valence-electron chi connectivity index (χ1n) is 5.90. The van der Waals surface area contributed by atoms with Crippen LogP contribution in [0, 0.1) is 0 Å². The van der Waals surface area contributed by atoms with Crippen molar-refractivity contribution >= 4 is 27.1 Å². The second-order valence-corrected chi connectivity index (χ2v) is 5.52. The number of nitrogens with one attached hydrogen (secondary N) is 1. The van der Waals surface area contributed by atoms with Gasteiger partial charge in [0.2, 0.25) is 0 Å². The van der Waals surface area contributed by atoms with Crippen LogP contribution in [0.1, 0.15) is 22.9 Å². The van der Waals surface area contributed by atoms with Gasteiger partial charge in [0.05, 0.1) is 5.52 Å². The summed E-state index contributed by atoms with van der Waals surface area (Å²) in [6.07, 6.45) is 2.85. The second kappa shape index (κ2) is 3.65. The molecule has 0 fully saturated rings. The van der Waals surface area contributed by atoms with Crippen LogP contribution in [-0.2, 0) is 6.42 Å². The molecule has 1 aliphatic rings. The van der Waals surface area contributed by atoms with Crippen molar-refractivity contribution < 1.29 is 0 Å². The summed E-state index contributed by atoms with van der Waals surface area (Å²) in [7, 11) is 0. The van der Waals surface area contributed by atoms with E-state index in [1.54, 1.807) is 6.20 Å². The summed E-state index contributed by atoms with van der Waals surface area (Å²) in [6.45, 7) is 0. The van der Waals surface area contributed by atoms with Crippen LogP contribution in [0.3, 0.4) is 0 Å². The van der Waals surface area contributed by atoms with Crippen molar-refractivity contribution in [3.8, 4) is 0 Å². The minimum absolute atomic E-state index is 0.397. The molecular weight excluding hydrogens is 290 g/mol. The average Bonchev–Trinajstić information content (AvgIpc) is 2.73. The minimum Gasteiger partial charge on any atom is -0.340 e. The maximum absolute atomic E-state index is 4.59. The lowest BCUT2D eigenvalue weighted by Gasteiger charge is -2.28. The molecule has 0 saturated carbocycles. The number of H-pyrrole nitrogens is 1. The van der Waals surface area contributed by atoms with Crippen LogP contribution >= 0.6 is 15.9 Å². The van der Waals surface area contributed by atoms with Crippen molar-refractivity contribution in [1.29, 1.82) is 0 Å². The Hall–Kier alpha value is -1.68. The quantitative estimate of drug-likeness (QED) is 0.748. The van der Waals surface area contributed by atoms with Crippen LogP contribution in [-0.4, -0.2) is 15.0 Å². The number of imidazole rings is 1. The molecule has 0 saturated heterocycles. The fourth-order valence-electron chi connectivity index (χ4n) is 2.56. The van der Waals surface area contributed by atoms with E-state index < -0.39 is 0 Å². The average molecular weight is 300 g/mol. The van der Waals surface area contributed by atoms with Gasteiger partial charge in [0.25, 0.3) is 0 Å². The lowest BCUT2D eigenvalue weighted by atomic mass is 9.77. The summed E-state index contributed by atoms with van der Waals surface area (Å²) < 4.78 is 0.971. The number of nitrogens with zero attached hydrogens (tertiary/aromatic N) is 2. The monoisotopic (exact) mass is 299 g/mol. The normalized spacial score (nSPS) is 17.5. The van der Waals surface area contributed by atoms with Crippen LogP contribution in [0.25, 0.3) is 11.2 Å². The van der Waals surface area contributed by atoms with Gasteiger partial charge in [0.15, 0.2) is 5.65 Å². The first kappa shape index (κ1) is 10.3. The molecule has 2 heterocycles. The van der Waals surface area contributed by atoms with Gasteiger partial charge >= 0.3 is 0 Å². The number of benzene rings is 1. The number of aromatic amines is 1. The van der Waals surface area contributed by atoms with E-state index in [0.29, 0.717) is 5.92 Å². The van der Waals surface area contributed by atoms with Gasteiger partial charge in [-0.15, -0.1) is 0 Å². The van der Waals surface area contributed by atoms with E-state index in [4.69, 9.17) is 0 Å². The minimum atomic E-state index is 0.397. The molecular formula is C14H10BrN3. The molecule has 0 bridgehead atoms. The predicted molar refractivity (Wildman–Crippen MR) is 73.6 cm³/mol. The third-order valence-electron chi connectivity index (χ3n) is 3.51. The third kappa shape index (κ3) is 1.42. The fraction of sp³-hybridized carbons (Fsp3) is 0.143. The van der Waals surface area contributed by atoms with Crippen LogP contribution in [0.5, 0.6) is 0 Å². The van der Waals surface area contributed by atoms with Crippen molar-refractivity contribution in [3.63, 3.8) is 0 Å². The highest BCUT2D eigenvalue weighted by Crippen LogP contribution is 2.39. The highest BCUT2D eigenvalue weighted by molar-refractivity contribution is 9.10. The Morgan fingerprint density at radius 2 is 2.17 bits per heavy atom. The Kier molecular flexibility index (Phi) is 2.08. The zero-order valence-electron chi connectivity index (χ0n) is 9.52. The maximum atomic E-state index is 4.59. The Morgan fingerprint density at radius 1 is 1.28 bits per heavy atom. The fourth-order valence-corrected chi connectivity index (χ4v) is 2.89. The van der Waals surface area contributed by atoms with Gasteiger partial charge in [-0.3, -0.25) is 0 Å². The largest absolute Gasteiger partial charge is 0.340 e. The molecule has 1 aliphatic carbocycles. The Morgan fingerprint density at radius 3 is 3.06 bits per heavy atom. The van der Waals surface area contributed by atoms with Crippen LogP contribution in [0.4, 0.5) is 0 Å². The van der Waals surface area contributed by atoms with E-state index in [-0.39, 0.29) is 0 Å². The highest BCUT2D eigenvalue weighted by atomic mass is 79.9. The van der Waals surface area contributed by atoms with Crippen molar-refractivity contribution in [2.75, 3.05) is 0 Å². The highest BCUT2D eigenvalue weighted by Gasteiger charge is 2.29. The second-order valence-electron chi connectivity index (χ2n) is 4.60. The molecule has 3 aromatic rings. The van der Waals surface area contributed by atoms with Crippen molar-refractivity contribution in [2.24, 2.45) is 0 Å². The summed E-state index contributed by atoms with van der Waals surface area (Å²) in [5.41, 5.74) is 4.59. The molecule has 88 valence electrons. The molecule has 1 N–H and O–H groups in total. The summed E-state index contributed by atoms with van der Waals surface area (Å²) in [5, 5.41) is 0. The number of fused-ring (bicyclic) bond motifs is 2. The van der Waals surface area contributed by atoms with E-state index in [1.165, 1.54) is 11.1 Å². The predicted octanol–water partition coefficient (Wildman–Crippen LogP) is 3.41. The number of pyridine rings is 1. The lowest BCUT2D eigenvalue weighted by Crippen LogP contribution is -2.19. The molecule has 1 unspecified atom stereocenters. The van der Waals surface area contributed by atoms with E-state index in [9.17, 15) is 0 Å². The lowest BCUT2D eigenvalue weighted by molar-refractivity contribution is 0.671. The topological polar surface area (TPSA) is 41.6 Å². The zero-order chi connectivity index (χ0) is 12.1. The van der Waals surface area contributed by atoms with Crippen LogP contribution in [0.2, 0.25) is 0 Å². The van der Waals surface area contributed by atoms with E-state index in [0.717, 1.165) is 27.9 Å². The van der Waals surface area contributed by atoms with Gasteiger partial charge < -0.3 is 4.98 Å². The third-order valence-corrected chi connectivity index (χ3v) is 3.94. The van der Waals surface area contributed by atoms with Gasteiger partial charge in [-0.2, -0.15) is 0 Å². The summed E-state index contributed by atoms with van der Waals surface area (Å²) in [6, 6.07) is 10.6. The zero-order valence-corrected chi connectivity index (χ0v) is 11.1. The SMILES string of the molecule is Brc1cnc2nc(C3Cc4ccccc43)[nH]c2c1. The van der Waals surface area contributed by atoms with Gasteiger partial charge in [0, 0.05) is 16.6 Å². The number of rotatable bonds is 1. The summed E-state index contributed by atoms with van der Waals surface area (Å²) in [4.78, 5) is 12.3. The number of hydrogen-bond donors (Lipinski definition) is 1. The molecule has 3 nitrogen and oxygen atoms in total. The molecule has 1 atom stereocenters. The first-order chi connectivity index (χ1) is 8.81. The van der Waals surface area contributed by atoms with Crippen LogP contribution in [0.15, 0.2) is 41.0 Å². The first-order valence-corrected chi connectivity index (χ1v) is 6.69. The van der Waals surface area contributed by atoms with Crippen molar-refractivity contribution in [1.82, 2.24) is 15.0 Å². The van der Waals surface area contributed by atoms with Crippen molar-refractivity contribution in [2.45, 2.75) is 12.3 Å². The van der Waals surface area contributed by atoms with E-state index in [1.807, 2.05) is 6.07 Å². The van der Waals surface area contributed by atoms with Gasteiger partial charge in [-0.25, -0.2) is 9.97 Å². The molecule has 0 radical (unpaired) electrons. The van der Waals surface area contributed by atoms with E-state index in [2.05, 4.69) is 55.1 Å². The molecule has 4 heteroatoms. The standard InChI is InChI=1S/C14H10BrN3/c15-9-6-12-14(16-7-9)18-13(17-12)11-5-8-3-1-2-4-10(8)11/h1-4,6-7,11H,5H2,(H,16,17,18). The molecule has 0 aliphatic heterocycles. The van der Waals surface area contributed by atoms with Gasteiger partial charge in [-0.05, 0) is 39.5 Å². The molecule has 0 amide bonds. The smallest absolute Gasteiger partial charge is 0.177 e. The Bertz CT molecular complexity index is 748.